The smallest absolute Gasteiger partial charge is 0.265 e. The maximum atomic E-state index is 14.0. The van der Waals surface area contributed by atoms with E-state index in [4.69, 9.17) is 19.2 Å². The van der Waals surface area contributed by atoms with E-state index in [0.717, 1.165) is 4.88 Å². The number of aliphatic hydroxyl groups excluding tert-OH is 1. The first kappa shape index (κ1) is 27.4. The van der Waals surface area contributed by atoms with Crippen molar-refractivity contribution >= 4 is 27.2 Å². The summed E-state index contributed by atoms with van der Waals surface area (Å²) in [5.41, 5.74) is 0. The summed E-state index contributed by atoms with van der Waals surface area (Å²) in [7, 11) is -2.53. The van der Waals surface area contributed by atoms with Crippen molar-refractivity contribution in [1.29, 1.82) is 0 Å². The van der Waals surface area contributed by atoms with Crippen LogP contribution in [0.5, 0.6) is 23.1 Å². The van der Waals surface area contributed by atoms with Crippen LogP contribution in [0.2, 0.25) is 0 Å². The highest BCUT2D eigenvalue weighted by atomic mass is 32.2. The van der Waals surface area contributed by atoms with E-state index in [1.807, 2.05) is 31.4 Å². The van der Waals surface area contributed by atoms with Gasteiger partial charge in [-0.1, -0.05) is 44.2 Å². The van der Waals surface area contributed by atoms with Gasteiger partial charge in [0.2, 0.25) is 5.75 Å². The molecule has 0 aliphatic rings. The lowest BCUT2D eigenvalue weighted by atomic mass is 10.2. The third kappa shape index (κ3) is 6.24. The van der Waals surface area contributed by atoms with E-state index in [1.54, 1.807) is 42.5 Å². The van der Waals surface area contributed by atoms with Gasteiger partial charge in [0.1, 0.15) is 18.1 Å². The zero-order valence-corrected chi connectivity index (χ0v) is 22.9. The van der Waals surface area contributed by atoms with Crippen LogP contribution < -0.4 is 18.5 Å². The van der Waals surface area contributed by atoms with E-state index in [0.29, 0.717) is 11.5 Å². The lowest BCUT2D eigenvalue weighted by Crippen LogP contribution is -2.35. The monoisotopic (exact) mass is 555 g/mol. The fraction of sp³-hybridized carbons (Fsp3) is 0.259. The highest BCUT2D eigenvalue weighted by molar-refractivity contribution is 7.92. The van der Waals surface area contributed by atoms with Crippen molar-refractivity contribution in [3.8, 4) is 33.8 Å². The van der Waals surface area contributed by atoms with Crippen LogP contribution in [0.4, 0.5) is 5.82 Å². The van der Waals surface area contributed by atoms with Gasteiger partial charge in [-0.15, -0.1) is 11.3 Å². The van der Waals surface area contributed by atoms with E-state index in [9.17, 15) is 13.5 Å². The molecule has 11 heteroatoms. The van der Waals surface area contributed by atoms with E-state index in [-0.39, 0.29) is 53.8 Å². The Kier molecular flexibility index (Phi) is 8.82. The predicted octanol–water partition coefficient (Wildman–Crippen LogP) is 5.23. The van der Waals surface area contributed by atoms with Gasteiger partial charge in [0.15, 0.2) is 11.6 Å². The van der Waals surface area contributed by atoms with Crippen LogP contribution >= 0.6 is 11.3 Å². The minimum Gasteiger partial charge on any atom is -0.497 e. The number of nitrogens with zero attached hydrogens (tertiary/aromatic N) is 3. The summed E-state index contributed by atoms with van der Waals surface area (Å²) in [5, 5.41) is 11.4. The Bertz CT molecular complexity index is 1450. The molecular weight excluding hydrogens is 526 g/mol. The number of hydrogen-bond acceptors (Lipinski definition) is 9. The molecule has 0 saturated heterocycles. The molecule has 0 spiro atoms. The Balaban J connectivity index is 1.98. The summed E-state index contributed by atoms with van der Waals surface area (Å²) in [6.07, 6.45) is 0. The summed E-state index contributed by atoms with van der Waals surface area (Å²) in [4.78, 5) is 10.1. The third-order valence-electron chi connectivity index (χ3n) is 5.25. The minimum absolute atomic E-state index is 0.00663. The number of rotatable bonds is 12. The molecule has 200 valence electrons. The SMILES string of the molecule is COc1cccc(Oc2c(OCCO)nc(-c3cccs3)nc2N(CC(C)C)S(=O)(=O)c2ccccc2)c1. The fourth-order valence-electron chi connectivity index (χ4n) is 3.57. The molecule has 0 radical (unpaired) electrons. The van der Waals surface area contributed by atoms with Crippen molar-refractivity contribution in [3.63, 3.8) is 0 Å². The van der Waals surface area contributed by atoms with Crippen molar-refractivity contribution in [2.75, 3.05) is 31.2 Å². The second-order valence-corrected chi connectivity index (χ2v) is 11.4. The molecule has 1 N–H and O–H groups in total. The second-order valence-electron chi connectivity index (χ2n) is 8.58. The highest BCUT2D eigenvalue weighted by Crippen LogP contribution is 2.43. The third-order valence-corrected chi connectivity index (χ3v) is 7.88. The van der Waals surface area contributed by atoms with Crippen molar-refractivity contribution in [1.82, 2.24) is 9.97 Å². The molecule has 0 aliphatic carbocycles. The number of methoxy groups -OCH3 is 1. The second kappa shape index (κ2) is 12.2. The van der Waals surface area contributed by atoms with Crippen LogP contribution in [0.1, 0.15) is 13.8 Å². The Hall–Kier alpha value is -3.67. The van der Waals surface area contributed by atoms with Crippen molar-refractivity contribution in [2.24, 2.45) is 5.92 Å². The molecule has 2 aromatic heterocycles. The Morgan fingerprint density at radius 2 is 1.76 bits per heavy atom. The topological polar surface area (TPSA) is 111 Å². The van der Waals surface area contributed by atoms with Crippen molar-refractivity contribution in [3.05, 3.63) is 72.1 Å². The van der Waals surface area contributed by atoms with Gasteiger partial charge in [0, 0.05) is 12.6 Å². The van der Waals surface area contributed by atoms with E-state index >= 15 is 0 Å². The number of hydrogen-bond donors (Lipinski definition) is 1. The summed E-state index contributed by atoms with van der Waals surface area (Å²) in [6, 6.07) is 18.7. The molecule has 0 aliphatic heterocycles. The number of aromatic nitrogens is 2. The zero-order chi connectivity index (χ0) is 27.1. The average molecular weight is 556 g/mol. The number of anilines is 1. The van der Waals surface area contributed by atoms with Crippen molar-refractivity contribution in [2.45, 2.75) is 18.7 Å². The molecule has 0 fully saturated rings. The maximum absolute atomic E-state index is 14.0. The number of aliphatic hydroxyl groups is 1. The lowest BCUT2D eigenvalue weighted by Gasteiger charge is -2.27. The first-order valence-corrected chi connectivity index (χ1v) is 14.2. The molecule has 4 aromatic rings. The molecular formula is C27H29N3O6S2. The lowest BCUT2D eigenvalue weighted by molar-refractivity contribution is 0.192. The molecule has 4 rings (SSSR count). The van der Waals surface area contributed by atoms with Crippen LogP contribution in [0, 0.1) is 5.92 Å². The molecule has 38 heavy (non-hydrogen) atoms. The number of benzene rings is 2. The van der Waals surface area contributed by atoms with E-state index in [2.05, 4.69) is 4.98 Å². The highest BCUT2D eigenvalue weighted by Gasteiger charge is 2.33. The molecule has 0 bridgehead atoms. The maximum Gasteiger partial charge on any atom is 0.265 e. The van der Waals surface area contributed by atoms with Crippen LogP contribution in [0.25, 0.3) is 10.7 Å². The molecule has 0 atom stereocenters. The summed E-state index contributed by atoms with van der Waals surface area (Å²) >= 11 is 1.41. The van der Waals surface area contributed by atoms with E-state index < -0.39 is 10.0 Å². The van der Waals surface area contributed by atoms with Crippen LogP contribution in [0.3, 0.4) is 0 Å². The van der Waals surface area contributed by atoms with Gasteiger partial charge in [-0.3, -0.25) is 0 Å². The number of thiophene rings is 1. The first-order chi connectivity index (χ1) is 18.3. The molecule has 0 amide bonds. The average Bonchev–Trinajstić information content (AvgIpc) is 3.47. The van der Waals surface area contributed by atoms with Crippen LogP contribution in [-0.2, 0) is 10.0 Å². The molecule has 9 nitrogen and oxygen atoms in total. The van der Waals surface area contributed by atoms with Gasteiger partial charge < -0.3 is 19.3 Å². The van der Waals surface area contributed by atoms with Gasteiger partial charge in [-0.05, 0) is 41.6 Å². The van der Waals surface area contributed by atoms with Gasteiger partial charge in [-0.2, -0.15) is 4.98 Å². The van der Waals surface area contributed by atoms with Crippen LogP contribution in [0.15, 0.2) is 77.0 Å². The standard InChI is InChI=1S/C27H29N3O6S2/c1-19(2)18-30(38(32,33)22-11-5-4-6-12-22)26-24(36-21-10-7-9-20(17-21)34-3)27(35-15-14-31)29-25(28-26)23-13-8-16-37-23/h4-13,16-17,19,31H,14-15,18H2,1-3H3. The minimum atomic E-state index is -4.06. The van der Waals surface area contributed by atoms with Crippen LogP contribution in [-0.4, -0.2) is 50.4 Å². The van der Waals surface area contributed by atoms with Gasteiger partial charge in [0.25, 0.3) is 15.9 Å². The summed E-state index contributed by atoms with van der Waals surface area (Å²) in [6.45, 7) is 3.60. The van der Waals surface area contributed by atoms with Crippen molar-refractivity contribution < 1.29 is 27.7 Å². The van der Waals surface area contributed by atoms with E-state index in [1.165, 1.54) is 34.9 Å². The number of ether oxygens (including phenoxy) is 3. The Morgan fingerprint density at radius 3 is 2.42 bits per heavy atom. The summed E-state index contributed by atoms with van der Waals surface area (Å²) < 4.78 is 46.6. The largest absolute Gasteiger partial charge is 0.497 e. The molecule has 2 heterocycles. The molecule has 2 aromatic carbocycles. The molecule has 0 saturated carbocycles. The predicted molar refractivity (Wildman–Crippen MR) is 147 cm³/mol. The normalized spacial score (nSPS) is 11.4. The number of sulfonamides is 1. The van der Waals surface area contributed by atoms with Gasteiger partial charge in [-0.25, -0.2) is 17.7 Å². The summed E-state index contributed by atoms with van der Waals surface area (Å²) in [5.74, 6) is 1.18. The van der Waals surface area contributed by atoms with Gasteiger partial charge in [0.05, 0.1) is 23.5 Å². The van der Waals surface area contributed by atoms with Gasteiger partial charge >= 0.3 is 0 Å². The molecule has 0 unspecified atom stereocenters. The first-order valence-electron chi connectivity index (χ1n) is 11.9. The Labute approximate surface area is 226 Å². The fourth-order valence-corrected chi connectivity index (χ4v) is 5.82. The Morgan fingerprint density at radius 1 is 1.00 bits per heavy atom. The quantitative estimate of drug-likeness (QED) is 0.253. The zero-order valence-electron chi connectivity index (χ0n) is 21.3.